The van der Waals surface area contributed by atoms with Crippen molar-refractivity contribution in [1.82, 2.24) is 9.78 Å². The maximum atomic E-state index is 11.4. The highest BCUT2D eigenvalue weighted by Gasteiger charge is 2.14. The fourth-order valence-corrected chi connectivity index (χ4v) is 3.60. The lowest BCUT2D eigenvalue weighted by molar-refractivity contribution is 0.101. The highest BCUT2D eigenvalue weighted by Crippen LogP contribution is 2.25. The summed E-state index contributed by atoms with van der Waals surface area (Å²) in [4.78, 5) is 11.4. The summed E-state index contributed by atoms with van der Waals surface area (Å²) >= 11 is 17.7. The second-order valence-electron chi connectivity index (χ2n) is 6.65. The number of carbonyl (C=O) groups excluding carboxylic acids is 1. The maximum absolute atomic E-state index is 11.4. The number of Topliss-reactive ketones (excluding diaryl/α,β-unsaturated/α-hetero) is 1. The zero-order chi connectivity index (χ0) is 21.1. The molecule has 5 nitrogen and oxygen atoms in total. The first kappa shape index (κ1) is 21.3. The van der Waals surface area contributed by atoms with Gasteiger partial charge in [-0.05, 0) is 75.0 Å². The van der Waals surface area contributed by atoms with Crippen LogP contribution in [0.15, 0.2) is 42.5 Å². The van der Waals surface area contributed by atoms with Crippen molar-refractivity contribution in [3.05, 3.63) is 75.0 Å². The van der Waals surface area contributed by atoms with Gasteiger partial charge in [0.2, 0.25) is 0 Å². The van der Waals surface area contributed by atoms with Crippen LogP contribution in [0.5, 0.6) is 0 Å². The Balaban J connectivity index is 1.72. The van der Waals surface area contributed by atoms with Crippen molar-refractivity contribution in [3.8, 4) is 0 Å². The normalized spacial score (nSPS) is 10.7. The zero-order valence-electron chi connectivity index (χ0n) is 16.2. The van der Waals surface area contributed by atoms with Crippen LogP contribution in [-0.4, -0.2) is 20.7 Å². The molecular formula is C21H20Cl2N4OS. The first-order chi connectivity index (χ1) is 13.7. The minimum Gasteiger partial charge on any atom is -0.332 e. The van der Waals surface area contributed by atoms with Crippen molar-refractivity contribution >= 4 is 57.7 Å². The first-order valence-corrected chi connectivity index (χ1v) is 10.1. The Morgan fingerprint density at radius 3 is 2.41 bits per heavy atom. The van der Waals surface area contributed by atoms with Gasteiger partial charge in [0.1, 0.15) is 0 Å². The van der Waals surface area contributed by atoms with Crippen LogP contribution < -0.4 is 10.6 Å². The predicted octanol–water partition coefficient (Wildman–Crippen LogP) is 5.87. The van der Waals surface area contributed by atoms with E-state index in [-0.39, 0.29) is 5.78 Å². The van der Waals surface area contributed by atoms with E-state index in [1.165, 1.54) is 6.92 Å². The van der Waals surface area contributed by atoms with Crippen LogP contribution in [-0.2, 0) is 6.54 Å². The SMILES string of the molecule is CC(=O)c1ccc(NC(=S)Nc2c(C)nn(Cc3ccc(Cl)cc3Cl)c2C)cc1. The minimum absolute atomic E-state index is 0.0247. The molecule has 0 aliphatic heterocycles. The van der Waals surface area contributed by atoms with Gasteiger partial charge in [0.15, 0.2) is 10.9 Å². The molecule has 0 saturated carbocycles. The van der Waals surface area contributed by atoms with Gasteiger partial charge in [0.25, 0.3) is 0 Å². The van der Waals surface area contributed by atoms with Crippen LogP contribution in [0.3, 0.4) is 0 Å². The van der Waals surface area contributed by atoms with E-state index in [1.54, 1.807) is 18.2 Å². The Bertz CT molecular complexity index is 1080. The topological polar surface area (TPSA) is 59.0 Å². The Labute approximate surface area is 185 Å². The molecule has 0 unspecified atom stereocenters. The number of nitrogens with zero attached hydrogens (tertiary/aromatic N) is 2. The van der Waals surface area contributed by atoms with Crippen LogP contribution in [0.1, 0.15) is 34.2 Å². The second kappa shape index (κ2) is 8.95. The van der Waals surface area contributed by atoms with Crippen molar-refractivity contribution in [2.24, 2.45) is 0 Å². The lowest BCUT2D eigenvalue weighted by Crippen LogP contribution is -2.20. The second-order valence-corrected chi connectivity index (χ2v) is 7.90. The minimum atomic E-state index is 0.0247. The number of hydrogen-bond donors (Lipinski definition) is 2. The highest BCUT2D eigenvalue weighted by atomic mass is 35.5. The molecule has 0 atom stereocenters. The van der Waals surface area contributed by atoms with Gasteiger partial charge in [-0.2, -0.15) is 5.10 Å². The number of aromatic nitrogens is 2. The van der Waals surface area contributed by atoms with Crippen molar-refractivity contribution < 1.29 is 4.79 Å². The Kier molecular flexibility index (Phi) is 6.57. The molecule has 0 amide bonds. The van der Waals surface area contributed by atoms with Crippen LogP contribution >= 0.6 is 35.4 Å². The first-order valence-electron chi connectivity index (χ1n) is 8.91. The lowest BCUT2D eigenvalue weighted by atomic mass is 10.1. The van der Waals surface area contributed by atoms with Crippen molar-refractivity contribution in [2.45, 2.75) is 27.3 Å². The average Bonchev–Trinajstić information content (AvgIpc) is 2.92. The molecule has 1 heterocycles. The number of aryl methyl sites for hydroxylation is 1. The molecule has 0 fully saturated rings. The van der Waals surface area contributed by atoms with Crippen LogP contribution in [0, 0.1) is 13.8 Å². The monoisotopic (exact) mass is 446 g/mol. The number of rotatable bonds is 5. The molecule has 3 rings (SSSR count). The molecule has 2 aromatic carbocycles. The van der Waals surface area contributed by atoms with E-state index in [2.05, 4.69) is 15.7 Å². The van der Waals surface area contributed by atoms with E-state index in [1.807, 2.05) is 42.8 Å². The summed E-state index contributed by atoms with van der Waals surface area (Å²) in [7, 11) is 0. The Morgan fingerprint density at radius 2 is 1.79 bits per heavy atom. The third-order valence-electron chi connectivity index (χ3n) is 4.50. The molecule has 150 valence electrons. The molecule has 0 radical (unpaired) electrons. The van der Waals surface area contributed by atoms with Gasteiger partial charge in [0.05, 0.1) is 23.6 Å². The third kappa shape index (κ3) is 5.15. The number of nitrogens with one attached hydrogen (secondary N) is 2. The number of thiocarbonyl (C=S) groups is 1. The molecule has 0 saturated heterocycles. The van der Waals surface area contributed by atoms with Crippen LogP contribution in [0.25, 0.3) is 0 Å². The van der Waals surface area contributed by atoms with Crippen molar-refractivity contribution in [1.29, 1.82) is 0 Å². The summed E-state index contributed by atoms with van der Waals surface area (Å²) < 4.78 is 1.87. The van der Waals surface area contributed by atoms with Gasteiger partial charge in [0, 0.05) is 21.3 Å². The number of benzene rings is 2. The molecule has 8 heteroatoms. The van der Waals surface area contributed by atoms with Gasteiger partial charge in [-0.25, -0.2) is 0 Å². The number of halogens is 2. The van der Waals surface area contributed by atoms with E-state index < -0.39 is 0 Å². The van der Waals surface area contributed by atoms with Gasteiger partial charge in [-0.3, -0.25) is 9.48 Å². The maximum Gasteiger partial charge on any atom is 0.175 e. The van der Waals surface area contributed by atoms with E-state index in [9.17, 15) is 4.79 Å². The van der Waals surface area contributed by atoms with Gasteiger partial charge in [-0.15, -0.1) is 0 Å². The summed E-state index contributed by atoms with van der Waals surface area (Å²) in [5.41, 5.74) is 4.98. The molecule has 0 aliphatic carbocycles. The van der Waals surface area contributed by atoms with E-state index in [0.29, 0.717) is 27.3 Å². The van der Waals surface area contributed by atoms with Crippen molar-refractivity contribution in [3.63, 3.8) is 0 Å². The number of anilines is 2. The third-order valence-corrected chi connectivity index (χ3v) is 5.30. The number of carbonyl (C=O) groups is 1. The standard InChI is InChI=1S/C21H20Cl2N4OS/c1-12-20(25-21(29)24-18-8-5-15(6-9-18)14(3)28)13(2)27(26-12)11-16-4-7-17(22)10-19(16)23/h4-10H,11H2,1-3H3,(H2,24,25,29). The van der Waals surface area contributed by atoms with E-state index in [0.717, 1.165) is 28.3 Å². The molecule has 0 aliphatic rings. The zero-order valence-corrected chi connectivity index (χ0v) is 18.5. The van der Waals surface area contributed by atoms with E-state index in [4.69, 9.17) is 35.4 Å². The fraction of sp³-hybridized carbons (Fsp3) is 0.190. The largest absolute Gasteiger partial charge is 0.332 e. The summed E-state index contributed by atoms with van der Waals surface area (Å²) in [5.74, 6) is 0.0247. The highest BCUT2D eigenvalue weighted by molar-refractivity contribution is 7.80. The molecule has 3 aromatic rings. The number of ketones is 1. The average molecular weight is 447 g/mol. The smallest absolute Gasteiger partial charge is 0.175 e. The molecular weight excluding hydrogens is 427 g/mol. The van der Waals surface area contributed by atoms with Gasteiger partial charge in [-0.1, -0.05) is 29.3 Å². The summed E-state index contributed by atoms with van der Waals surface area (Å²) in [6.07, 6.45) is 0. The molecule has 29 heavy (non-hydrogen) atoms. The fourth-order valence-electron chi connectivity index (χ4n) is 2.91. The van der Waals surface area contributed by atoms with Crippen LogP contribution in [0.2, 0.25) is 10.0 Å². The molecule has 2 N–H and O–H groups in total. The van der Waals surface area contributed by atoms with Gasteiger partial charge >= 0.3 is 0 Å². The van der Waals surface area contributed by atoms with Gasteiger partial charge < -0.3 is 10.6 Å². The molecule has 1 aromatic heterocycles. The Morgan fingerprint density at radius 1 is 1.10 bits per heavy atom. The van der Waals surface area contributed by atoms with Crippen molar-refractivity contribution in [2.75, 3.05) is 10.6 Å². The summed E-state index contributed by atoms with van der Waals surface area (Å²) in [5, 5.41) is 12.6. The summed E-state index contributed by atoms with van der Waals surface area (Å²) in [6, 6.07) is 12.6. The Hall–Kier alpha value is -2.41. The summed E-state index contributed by atoms with van der Waals surface area (Å²) in [6.45, 7) is 5.95. The predicted molar refractivity (Wildman–Crippen MR) is 124 cm³/mol. The quantitative estimate of drug-likeness (QED) is 0.379. The van der Waals surface area contributed by atoms with E-state index >= 15 is 0 Å². The molecule has 0 spiro atoms. The lowest BCUT2D eigenvalue weighted by Gasteiger charge is -2.12. The molecule has 0 bridgehead atoms. The van der Waals surface area contributed by atoms with Crippen LogP contribution in [0.4, 0.5) is 11.4 Å². The number of hydrogen-bond acceptors (Lipinski definition) is 3.